The van der Waals surface area contributed by atoms with E-state index in [-0.39, 0.29) is 0 Å². The van der Waals surface area contributed by atoms with Gasteiger partial charge in [-0.05, 0) is 42.9 Å². The monoisotopic (exact) mass is 325 g/mol. The first-order chi connectivity index (χ1) is 9.11. The van der Waals surface area contributed by atoms with Crippen LogP contribution in [0.5, 0.6) is 5.75 Å². The van der Waals surface area contributed by atoms with Gasteiger partial charge in [-0.25, -0.2) is 0 Å². The minimum Gasteiger partial charge on any atom is -0.495 e. The van der Waals surface area contributed by atoms with Crippen molar-refractivity contribution in [3.8, 4) is 5.75 Å². The van der Waals surface area contributed by atoms with Crippen LogP contribution in [0.25, 0.3) is 0 Å². The zero-order valence-electron chi connectivity index (χ0n) is 12.1. The smallest absolute Gasteiger partial charge is 0.142 e. The third-order valence-corrected chi connectivity index (χ3v) is 4.67. The van der Waals surface area contributed by atoms with Crippen molar-refractivity contribution < 1.29 is 4.74 Å². The van der Waals surface area contributed by atoms with Crippen LogP contribution in [0.1, 0.15) is 39.5 Å². The van der Waals surface area contributed by atoms with Gasteiger partial charge in [-0.2, -0.15) is 0 Å². The van der Waals surface area contributed by atoms with Gasteiger partial charge >= 0.3 is 0 Å². The Morgan fingerprint density at radius 1 is 1.26 bits per heavy atom. The average molecular weight is 326 g/mol. The number of hydrogen-bond donors (Lipinski definition) is 1. The molecule has 0 radical (unpaired) electrons. The predicted molar refractivity (Wildman–Crippen MR) is 84.9 cm³/mol. The minimum atomic E-state index is 0.567. The SMILES string of the molecule is COc1ccc(Br)cc1NC1CCCCC1C(C)C. The summed E-state index contributed by atoms with van der Waals surface area (Å²) < 4.78 is 6.54. The maximum atomic E-state index is 5.45. The largest absolute Gasteiger partial charge is 0.495 e. The Morgan fingerprint density at radius 3 is 2.68 bits per heavy atom. The summed E-state index contributed by atoms with van der Waals surface area (Å²) in [4.78, 5) is 0. The molecular weight excluding hydrogens is 302 g/mol. The number of methoxy groups -OCH3 is 1. The Bertz CT molecular complexity index is 419. The molecule has 1 aromatic carbocycles. The number of nitrogens with one attached hydrogen (secondary N) is 1. The summed E-state index contributed by atoms with van der Waals surface area (Å²) in [5, 5.41) is 3.72. The van der Waals surface area contributed by atoms with Gasteiger partial charge in [-0.15, -0.1) is 0 Å². The Hall–Kier alpha value is -0.700. The van der Waals surface area contributed by atoms with E-state index >= 15 is 0 Å². The highest BCUT2D eigenvalue weighted by atomic mass is 79.9. The van der Waals surface area contributed by atoms with Gasteiger partial charge in [0.05, 0.1) is 12.8 Å². The molecule has 0 saturated heterocycles. The van der Waals surface area contributed by atoms with Gasteiger partial charge in [0.1, 0.15) is 5.75 Å². The maximum absolute atomic E-state index is 5.45. The van der Waals surface area contributed by atoms with Crippen LogP contribution in [-0.2, 0) is 0 Å². The molecule has 0 spiro atoms. The van der Waals surface area contributed by atoms with Crippen molar-refractivity contribution in [2.24, 2.45) is 11.8 Å². The Labute approximate surface area is 125 Å². The van der Waals surface area contributed by atoms with Crippen molar-refractivity contribution in [2.45, 2.75) is 45.6 Å². The van der Waals surface area contributed by atoms with Crippen molar-refractivity contribution in [1.29, 1.82) is 0 Å². The topological polar surface area (TPSA) is 21.3 Å². The normalized spacial score (nSPS) is 23.4. The molecule has 2 rings (SSSR count). The van der Waals surface area contributed by atoms with Crippen LogP contribution >= 0.6 is 15.9 Å². The van der Waals surface area contributed by atoms with E-state index in [4.69, 9.17) is 4.74 Å². The third-order valence-electron chi connectivity index (χ3n) is 4.18. The fraction of sp³-hybridized carbons (Fsp3) is 0.625. The summed E-state index contributed by atoms with van der Waals surface area (Å²) in [6.45, 7) is 4.67. The quantitative estimate of drug-likeness (QED) is 0.833. The number of ether oxygens (including phenoxy) is 1. The highest BCUT2D eigenvalue weighted by molar-refractivity contribution is 9.10. The van der Waals surface area contributed by atoms with Gasteiger partial charge in [0.25, 0.3) is 0 Å². The lowest BCUT2D eigenvalue weighted by atomic mass is 9.78. The van der Waals surface area contributed by atoms with Gasteiger partial charge in [-0.3, -0.25) is 0 Å². The fourth-order valence-electron chi connectivity index (χ4n) is 3.13. The van der Waals surface area contributed by atoms with Crippen molar-refractivity contribution in [3.05, 3.63) is 22.7 Å². The van der Waals surface area contributed by atoms with Crippen molar-refractivity contribution in [2.75, 3.05) is 12.4 Å². The molecule has 0 heterocycles. The molecule has 0 aromatic heterocycles. The van der Waals surface area contributed by atoms with E-state index in [1.54, 1.807) is 7.11 Å². The average Bonchev–Trinajstić information content (AvgIpc) is 2.39. The lowest BCUT2D eigenvalue weighted by Crippen LogP contribution is -2.35. The number of hydrogen-bond acceptors (Lipinski definition) is 2. The van der Waals surface area contributed by atoms with Gasteiger partial charge < -0.3 is 10.1 Å². The summed E-state index contributed by atoms with van der Waals surface area (Å²) in [6, 6.07) is 6.71. The third kappa shape index (κ3) is 3.65. The summed E-state index contributed by atoms with van der Waals surface area (Å²) in [6.07, 6.45) is 5.30. The van der Waals surface area contributed by atoms with E-state index in [0.29, 0.717) is 6.04 Å². The van der Waals surface area contributed by atoms with Crippen LogP contribution in [0, 0.1) is 11.8 Å². The zero-order chi connectivity index (χ0) is 13.8. The Balaban J connectivity index is 2.16. The van der Waals surface area contributed by atoms with Crippen molar-refractivity contribution in [3.63, 3.8) is 0 Å². The van der Waals surface area contributed by atoms with Gasteiger partial charge in [0, 0.05) is 10.5 Å². The molecule has 2 nitrogen and oxygen atoms in total. The summed E-state index contributed by atoms with van der Waals surface area (Å²) >= 11 is 3.54. The molecule has 0 aliphatic heterocycles. The van der Waals surface area contributed by atoms with E-state index < -0.39 is 0 Å². The molecule has 2 unspecified atom stereocenters. The van der Waals surface area contributed by atoms with Crippen LogP contribution in [0.2, 0.25) is 0 Å². The second kappa shape index (κ2) is 6.65. The summed E-state index contributed by atoms with van der Waals surface area (Å²) in [7, 11) is 1.73. The second-order valence-corrected chi connectivity index (χ2v) is 6.70. The molecule has 1 aliphatic carbocycles. The first-order valence-corrected chi connectivity index (χ1v) is 8.01. The molecule has 0 amide bonds. The molecule has 1 aliphatic rings. The van der Waals surface area contributed by atoms with Crippen LogP contribution in [0.15, 0.2) is 22.7 Å². The molecular formula is C16H24BrNO. The van der Waals surface area contributed by atoms with Crippen molar-refractivity contribution >= 4 is 21.6 Å². The van der Waals surface area contributed by atoms with E-state index in [1.165, 1.54) is 25.7 Å². The van der Waals surface area contributed by atoms with Gasteiger partial charge in [-0.1, -0.05) is 42.6 Å². The lowest BCUT2D eigenvalue weighted by molar-refractivity contribution is 0.253. The molecule has 1 fully saturated rings. The molecule has 0 bridgehead atoms. The molecule has 3 heteroatoms. The Morgan fingerprint density at radius 2 is 2.00 bits per heavy atom. The highest BCUT2D eigenvalue weighted by Crippen LogP contribution is 2.35. The van der Waals surface area contributed by atoms with Crippen LogP contribution in [-0.4, -0.2) is 13.2 Å². The van der Waals surface area contributed by atoms with Gasteiger partial charge in [0.15, 0.2) is 0 Å². The maximum Gasteiger partial charge on any atom is 0.142 e. The molecule has 106 valence electrons. The first kappa shape index (κ1) is 14.7. The molecule has 19 heavy (non-hydrogen) atoms. The second-order valence-electron chi connectivity index (χ2n) is 5.79. The predicted octanol–water partition coefficient (Wildman–Crippen LogP) is 5.08. The molecule has 1 saturated carbocycles. The van der Waals surface area contributed by atoms with Gasteiger partial charge in [0.2, 0.25) is 0 Å². The summed E-state index contributed by atoms with van der Waals surface area (Å²) in [5.41, 5.74) is 1.11. The molecule has 1 aromatic rings. The van der Waals surface area contributed by atoms with E-state index in [0.717, 1.165) is 27.7 Å². The standard InChI is InChI=1S/C16H24BrNO/c1-11(2)13-6-4-5-7-14(13)18-15-10-12(17)8-9-16(15)19-3/h8-11,13-14,18H,4-7H2,1-3H3. The van der Waals surface area contributed by atoms with E-state index in [9.17, 15) is 0 Å². The van der Waals surface area contributed by atoms with Crippen LogP contribution in [0.3, 0.4) is 0 Å². The Kier molecular flexibility index (Phi) is 5.14. The molecule has 2 atom stereocenters. The number of rotatable bonds is 4. The number of benzene rings is 1. The lowest BCUT2D eigenvalue weighted by Gasteiger charge is -2.35. The van der Waals surface area contributed by atoms with Crippen molar-refractivity contribution in [1.82, 2.24) is 0 Å². The van der Waals surface area contributed by atoms with E-state index in [1.807, 2.05) is 12.1 Å². The highest BCUT2D eigenvalue weighted by Gasteiger charge is 2.27. The number of anilines is 1. The zero-order valence-corrected chi connectivity index (χ0v) is 13.7. The van der Waals surface area contributed by atoms with Crippen LogP contribution < -0.4 is 10.1 Å². The fourth-order valence-corrected chi connectivity index (χ4v) is 3.49. The molecule has 1 N–H and O–H groups in total. The van der Waals surface area contributed by atoms with Crippen LogP contribution in [0.4, 0.5) is 5.69 Å². The van der Waals surface area contributed by atoms with E-state index in [2.05, 4.69) is 41.2 Å². The minimum absolute atomic E-state index is 0.567. The summed E-state index contributed by atoms with van der Waals surface area (Å²) in [5.74, 6) is 2.42. The first-order valence-electron chi connectivity index (χ1n) is 7.22. The number of halogens is 1.